The van der Waals surface area contributed by atoms with Crippen molar-refractivity contribution in [1.29, 1.82) is 0 Å². The minimum absolute atomic E-state index is 0.00165. The Morgan fingerprint density at radius 1 is 1.25 bits per heavy atom. The van der Waals surface area contributed by atoms with Crippen LogP contribution in [0.2, 0.25) is 0 Å². The fraction of sp³-hybridized carbons (Fsp3) is 0.650. The third-order valence-electron chi connectivity index (χ3n) is 5.39. The van der Waals surface area contributed by atoms with Gasteiger partial charge in [-0.3, -0.25) is 4.79 Å². The van der Waals surface area contributed by atoms with Crippen LogP contribution >= 0.6 is 0 Å². The Balaban J connectivity index is 1.67. The van der Waals surface area contributed by atoms with Gasteiger partial charge in [-0.05, 0) is 58.4 Å². The predicted octanol–water partition coefficient (Wildman–Crippen LogP) is 2.60. The number of aromatic nitrogens is 1. The Kier molecular flexibility index (Phi) is 5.43. The maximum absolute atomic E-state index is 12.5. The SMILES string of the molecule is CC#CC1CCC(OCC2C(O)CCc3ccc(C)c(=O)n32)CC1. The van der Waals surface area contributed by atoms with E-state index < -0.39 is 6.10 Å². The normalized spacial score (nSPS) is 29.5. The van der Waals surface area contributed by atoms with E-state index >= 15 is 0 Å². The Labute approximate surface area is 143 Å². The van der Waals surface area contributed by atoms with Gasteiger partial charge in [-0.25, -0.2) is 0 Å². The van der Waals surface area contributed by atoms with E-state index in [-0.39, 0.29) is 17.7 Å². The summed E-state index contributed by atoms with van der Waals surface area (Å²) in [5.41, 5.74) is 1.73. The van der Waals surface area contributed by atoms with Crippen LogP contribution in [0.25, 0.3) is 0 Å². The molecule has 1 saturated carbocycles. The van der Waals surface area contributed by atoms with Gasteiger partial charge in [0.05, 0.1) is 24.9 Å². The lowest BCUT2D eigenvalue weighted by atomic mass is 9.88. The van der Waals surface area contributed by atoms with Crippen molar-refractivity contribution in [3.05, 3.63) is 33.7 Å². The summed E-state index contributed by atoms with van der Waals surface area (Å²) in [5.74, 6) is 6.76. The van der Waals surface area contributed by atoms with Crippen molar-refractivity contribution in [3.8, 4) is 11.8 Å². The Hall–Kier alpha value is -1.57. The molecule has 1 fully saturated rings. The Morgan fingerprint density at radius 2 is 2.00 bits per heavy atom. The van der Waals surface area contributed by atoms with Gasteiger partial charge in [0.2, 0.25) is 0 Å². The highest BCUT2D eigenvalue weighted by Gasteiger charge is 2.30. The van der Waals surface area contributed by atoms with Gasteiger partial charge in [0.1, 0.15) is 0 Å². The van der Waals surface area contributed by atoms with Crippen LogP contribution in [0.5, 0.6) is 0 Å². The molecule has 2 atom stereocenters. The number of aliphatic hydroxyl groups excluding tert-OH is 1. The van der Waals surface area contributed by atoms with Crippen molar-refractivity contribution in [2.75, 3.05) is 6.61 Å². The molecule has 24 heavy (non-hydrogen) atoms. The topological polar surface area (TPSA) is 51.5 Å². The van der Waals surface area contributed by atoms with Gasteiger partial charge < -0.3 is 14.4 Å². The predicted molar refractivity (Wildman–Crippen MR) is 94.0 cm³/mol. The number of pyridine rings is 1. The fourth-order valence-corrected chi connectivity index (χ4v) is 3.92. The fourth-order valence-electron chi connectivity index (χ4n) is 3.92. The van der Waals surface area contributed by atoms with E-state index in [1.165, 1.54) is 0 Å². The third-order valence-corrected chi connectivity index (χ3v) is 5.39. The van der Waals surface area contributed by atoms with E-state index in [0.717, 1.165) is 43.4 Å². The Morgan fingerprint density at radius 3 is 2.71 bits per heavy atom. The summed E-state index contributed by atoms with van der Waals surface area (Å²) in [7, 11) is 0. The number of ether oxygens (including phenoxy) is 1. The van der Waals surface area contributed by atoms with Gasteiger partial charge in [-0.2, -0.15) is 0 Å². The zero-order valence-corrected chi connectivity index (χ0v) is 14.6. The van der Waals surface area contributed by atoms with Crippen molar-refractivity contribution in [3.63, 3.8) is 0 Å². The molecule has 0 spiro atoms. The van der Waals surface area contributed by atoms with Gasteiger partial charge in [0, 0.05) is 17.2 Å². The summed E-state index contributed by atoms with van der Waals surface area (Å²) in [6.07, 6.45) is 5.32. The average molecular weight is 329 g/mol. The van der Waals surface area contributed by atoms with E-state index in [4.69, 9.17) is 4.74 Å². The number of aryl methyl sites for hydroxylation is 2. The minimum Gasteiger partial charge on any atom is -0.391 e. The minimum atomic E-state index is -0.515. The van der Waals surface area contributed by atoms with Gasteiger partial charge in [-0.15, -0.1) is 11.8 Å². The monoisotopic (exact) mass is 329 g/mol. The molecule has 0 radical (unpaired) electrons. The summed E-state index contributed by atoms with van der Waals surface area (Å²) < 4.78 is 7.86. The summed E-state index contributed by atoms with van der Waals surface area (Å²) in [6.45, 7) is 4.13. The second-order valence-electron chi connectivity index (χ2n) is 7.06. The molecule has 0 saturated heterocycles. The summed E-state index contributed by atoms with van der Waals surface area (Å²) in [5, 5.41) is 10.4. The molecule has 2 aliphatic rings. The first kappa shape index (κ1) is 17.3. The van der Waals surface area contributed by atoms with Crippen LogP contribution in [0.4, 0.5) is 0 Å². The first-order chi connectivity index (χ1) is 11.6. The van der Waals surface area contributed by atoms with E-state index in [2.05, 4.69) is 11.8 Å². The van der Waals surface area contributed by atoms with Crippen LogP contribution in [0.15, 0.2) is 16.9 Å². The molecule has 1 aromatic rings. The standard InChI is InChI=1S/C20H27NO3/c1-3-4-15-6-10-17(11-7-15)24-13-18-19(22)12-9-16-8-5-14(2)20(23)21(16)18/h5,8,15,17-19,22H,6-7,9-13H2,1-2H3. The first-order valence-electron chi connectivity index (χ1n) is 9.03. The van der Waals surface area contributed by atoms with E-state index in [9.17, 15) is 9.90 Å². The van der Waals surface area contributed by atoms with Crippen LogP contribution in [-0.2, 0) is 11.2 Å². The van der Waals surface area contributed by atoms with E-state index in [1.54, 1.807) is 4.57 Å². The van der Waals surface area contributed by atoms with E-state index in [1.807, 2.05) is 26.0 Å². The van der Waals surface area contributed by atoms with Crippen LogP contribution in [0.3, 0.4) is 0 Å². The molecule has 1 N–H and O–H groups in total. The lowest BCUT2D eigenvalue weighted by Gasteiger charge is -2.34. The van der Waals surface area contributed by atoms with Crippen molar-refractivity contribution in [2.45, 2.75) is 70.6 Å². The van der Waals surface area contributed by atoms with Crippen LogP contribution in [-0.4, -0.2) is 28.5 Å². The molecule has 3 rings (SSSR count). The highest BCUT2D eigenvalue weighted by Crippen LogP contribution is 2.29. The molecular weight excluding hydrogens is 302 g/mol. The molecule has 0 aromatic carbocycles. The summed E-state index contributed by atoms with van der Waals surface area (Å²) in [4.78, 5) is 12.5. The molecule has 4 nitrogen and oxygen atoms in total. The lowest BCUT2D eigenvalue weighted by molar-refractivity contribution is -0.0304. The number of nitrogens with zero attached hydrogens (tertiary/aromatic N) is 1. The summed E-state index contributed by atoms with van der Waals surface area (Å²) in [6, 6.07) is 3.61. The molecule has 130 valence electrons. The largest absolute Gasteiger partial charge is 0.391 e. The highest BCUT2D eigenvalue weighted by atomic mass is 16.5. The second kappa shape index (κ2) is 7.55. The zero-order valence-electron chi connectivity index (χ0n) is 14.6. The molecular formula is C20H27NO3. The number of rotatable bonds is 3. The number of hydrogen-bond donors (Lipinski definition) is 1. The number of aliphatic hydroxyl groups is 1. The number of hydrogen-bond acceptors (Lipinski definition) is 3. The van der Waals surface area contributed by atoms with Crippen LogP contribution < -0.4 is 5.56 Å². The molecule has 2 unspecified atom stereocenters. The zero-order chi connectivity index (χ0) is 17.1. The van der Waals surface area contributed by atoms with Gasteiger partial charge in [-0.1, -0.05) is 6.07 Å². The first-order valence-corrected chi connectivity index (χ1v) is 9.03. The molecule has 1 aliphatic heterocycles. The highest BCUT2D eigenvalue weighted by molar-refractivity contribution is 5.18. The molecule has 0 bridgehead atoms. The Bertz CT molecular complexity index is 689. The van der Waals surface area contributed by atoms with Crippen molar-refractivity contribution >= 4 is 0 Å². The molecule has 4 heteroatoms. The number of fused-ring (bicyclic) bond motifs is 1. The molecule has 1 aliphatic carbocycles. The van der Waals surface area contributed by atoms with Gasteiger partial charge in [0.25, 0.3) is 5.56 Å². The summed E-state index contributed by atoms with van der Waals surface area (Å²) >= 11 is 0. The second-order valence-corrected chi connectivity index (χ2v) is 7.06. The van der Waals surface area contributed by atoms with Crippen molar-refractivity contribution in [1.82, 2.24) is 4.57 Å². The third kappa shape index (κ3) is 3.58. The van der Waals surface area contributed by atoms with E-state index in [0.29, 0.717) is 18.9 Å². The molecule has 1 aromatic heterocycles. The van der Waals surface area contributed by atoms with Gasteiger partial charge in [0.15, 0.2) is 0 Å². The lowest BCUT2D eigenvalue weighted by Crippen LogP contribution is -2.42. The molecule has 2 heterocycles. The van der Waals surface area contributed by atoms with Crippen molar-refractivity contribution < 1.29 is 9.84 Å². The maximum atomic E-state index is 12.5. The average Bonchev–Trinajstić information content (AvgIpc) is 2.59. The van der Waals surface area contributed by atoms with Gasteiger partial charge >= 0.3 is 0 Å². The van der Waals surface area contributed by atoms with Crippen molar-refractivity contribution in [2.24, 2.45) is 5.92 Å². The van der Waals surface area contributed by atoms with Crippen LogP contribution in [0, 0.1) is 24.7 Å². The quantitative estimate of drug-likeness (QED) is 0.867. The molecule has 0 amide bonds. The van der Waals surface area contributed by atoms with Crippen LogP contribution in [0.1, 0.15) is 56.3 Å². The maximum Gasteiger partial charge on any atom is 0.254 e. The smallest absolute Gasteiger partial charge is 0.254 e.